The Balaban J connectivity index is 1.29. The fourth-order valence-electron chi connectivity index (χ4n) is 3.95. The van der Waals surface area contributed by atoms with E-state index in [1.54, 1.807) is 25.2 Å². The molecule has 3 N–H and O–H groups in total. The Morgan fingerprint density at radius 3 is 2.89 bits per heavy atom. The average molecular weight is 473 g/mol. The summed E-state index contributed by atoms with van der Waals surface area (Å²) in [6, 6.07) is 13.7. The zero-order valence-electron chi connectivity index (χ0n) is 20.2. The van der Waals surface area contributed by atoms with Crippen LogP contribution in [0.3, 0.4) is 0 Å². The monoisotopic (exact) mass is 472 g/mol. The Morgan fingerprint density at radius 2 is 2.14 bits per heavy atom. The molecule has 2 aliphatic rings. The van der Waals surface area contributed by atoms with Gasteiger partial charge in [-0.25, -0.2) is 4.98 Å². The van der Waals surface area contributed by atoms with Crippen molar-refractivity contribution in [3.05, 3.63) is 71.3 Å². The molecule has 2 amide bonds. The molecule has 0 unspecified atom stereocenters. The first-order valence-corrected chi connectivity index (χ1v) is 11.4. The number of likely N-dealkylation sites (N-methyl/N-ethyl adjacent to an activating group) is 1. The van der Waals surface area contributed by atoms with Crippen molar-refractivity contribution in [2.45, 2.75) is 37.3 Å². The van der Waals surface area contributed by atoms with Crippen molar-refractivity contribution in [3.63, 3.8) is 0 Å². The third-order valence-corrected chi connectivity index (χ3v) is 6.18. The van der Waals surface area contributed by atoms with E-state index in [2.05, 4.69) is 27.2 Å². The minimum Gasteiger partial charge on any atom is -0.489 e. The van der Waals surface area contributed by atoms with E-state index >= 15 is 0 Å². The fraction of sp³-hybridized carbons (Fsp3) is 0.308. The molecule has 9 nitrogen and oxygen atoms in total. The number of carbonyl (C=O) groups excluding carboxylic acids is 2. The molecular weight excluding hydrogens is 446 g/mol. The lowest BCUT2D eigenvalue weighted by Crippen LogP contribution is -2.49. The molecule has 1 aliphatic carbocycles. The number of benzene rings is 2. The van der Waals surface area contributed by atoms with Crippen LogP contribution in [0, 0.1) is 11.8 Å². The highest BCUT2D eigenvalue weighted by Crippen LogP contribution is 2.33. The largest absolute Gasteiger partial charge is 0.489 e. The summed E-state index contributed by atoms with van der Waals surface area (Å²) in [7, 11) is 1.60. The van der Waals surface area contributed by atoms with Gasteiger partial charge in [0.25, 0.3) is 11.8 Å². The molecule has 1 atom stereocenters. The van der Waals surface area contributed by atoms with Gasteiger partial charge in [0.15, 0.2) is 1.41 Å². The molecule has 1 aromatic heterocycles. The molecule has 0 bridgehead atoms. The maximum atomic E-state index is 13.1. The number of anilines is 1. The molecule has 1 fully saturated rings. The van der Waals surface area contributed by atoms with Crippen LogP contribution in [0.4, 0.5) is 5.69 Å². The number of H-pyrrole nitrogens is 1. The van der Waals surface area contributed by atoms with Crippen molar-refractivity contribution in [1.29, 1.82) is 0 Å². The Bertz CT molecular complexity index is 1370. The molecule has 35 heavy (non-hydrogen) atoms. The van der Waals surface area contributed by atoms with E-state index in [1.807, 2.05) is 30.3 Å². The van der Waals surface area contributed by atoms with E-state index in [-0.39, 0.29) is 18.3 Å². The lowest BCUT2D eigenvalue weighted by molar-refractivity contribution is -0.120. The number of ether oxygens (including phenoxy) is 1. The Hall–Kier alpha value is -4.16. The highest BCUT2D eigenvalue weighted by Gasteiger charge is 2.33. The third kappa shape index (κ3) is 4.88. The smallest absolute Gasteiger partial charge is 0.291 e. The molecule has 0 saturated heterocycles. The zero-order chi connectivity index (χ0) is 25.3. The van der Waals surface area contributed by atoms with Crippen LogP contribution in [0.15, 0.2) is 48.5 Å². The molecular formula is C26H25N5O4. The summed E-state index contributed by atoms with van der Waals surface area (Å²) in [6.45, 7) is -0.0782. The molecule has 3 aromatic rings. The topological polar surface area (TPSA) is 120 Å². The molecule has 178 valence electrons. The predicted molar refractivity (Wildman–Crippen MR) is 128 cm³/mol. The average Bonchev–Trinajstić information content (AvgIpc) is 3.18. The molecule has 0 radical (unpaired) electrons. The lowest BCUT2D eigenvalue weighted by Gasteiger charge is -2.30. The van der Waals surface area contributed by atoms with Gasteiger partial charge >= 0.3 is 0 Å². The standard InChI is InChI=1S/C26H25N5O4/c1-31-20-14-18(10-13-26(34)11-5-12-26)8-9-21(20)35-16-19(25(31)33)27-24(32)23-28-22(29-30-23)15-17-6-3-2-4-7-17/h2-4,6-9,14,19,34H,5,11-12,15-16H2,1H3,(H,27,32)(H,28,29,30)/t19-/m0/s1/i/hD. The van der Waals surface area contributed by atoms with Crippen LogP contribution in [-0.4, -0.2) is 57.4 Å². The number of amides is 2. The summed E-state index contributed by atoms with van der Waals surface area (Å²) in [6.07, 6.45) is 2.62. The molecule has 0 spiro atoms. The van der Waals surface area contributed by atoms with Crippen molar-refractivity contribution < 1.29 is 20.8 Å². The van der Waals surface area contributed by atoms with E-state index in [1.165, 1.54) is 4.90 Å². The van der Waals surface area contributed by atoms with Gasteiger partial charge in [-0.15, -0.1) is 5.10 Å². The number of hydrogen-bond donors (Lipinski definition) is 3. The maximum Gasteiger partial charge on any atom is 0.291 e. The number of rotatable bonds is 4. The first-order valence-electron chi connectivity index (χ1n) is 11.9. The van der Waals surface area contributed by atoms with Crippen LogP contribution in [0.2, 0.25) is 1.41 Å². The van der Waals surface area contributed by atoms with E-state index in [0.717, 1.165) is 17.1 Å². The number of carbonyl (C=O) groups is 2. The van der Waals surface area contributed by atoms with Gasteiger partial charge in [0.1, 0.15) is 29.8 Å². The summed E-state index contributed by atoms with van der Waals surface area (Å²) >= 11 is 0. The third-order valence-electron chi connectivity index (χ3n) is 6.18. The summed E-state index contributed by atoms with van der Waals surface area (Å²) in [5.74, 6) is 5.44. The van der Waals surface area contributed by atoms with E-state index in [0.29, 0.717) is 42.1 Å². The van der Waals surface area contributed by atoms with E-state index < -0.39 is 17.6 Å². The van der Waals surface area contributed by atoms with Gasteiger partial charge in [-0.05, 0) is 43.0 Å². The second-order valence-corrected chi connectivity index (χ2v) is 8.77. The normalized spacial score (nSPS) is 18.7. The molecule has 5 rings (SSSR count). The Kier molecular flexibility index (Phi) is 5.64. The summed E-state index contributed by atoms with van der Waals surface area (Å²) in [4.78, 5) is 31.6. The molecule has 2 aromatic carbocycles. The van der Waals surface area contributed by atoms with Gasteiger partial charge in [-0.2, -0.15) is 0 Å². The van der Waals surface area contributed by atoms with Gasteiger partial charge in [0, 0.05) is 19.0 Å². The second-order valence-electron chi connectivity index (χ2n) is 8.77. The number of aliphatic hydroxyl groups is 1. The van der Waals surface area contributed by atoms with Gasteiger partial charge < -0.3 is 20.1 Å². The van der Waals surface area contributed by atoms with Crippen molar-refractivity contribution >= 4 is 17.5 Å². The van der Waals surface area contributed by atoms with Gasteiger partial charge in [0.2, 0.25) is 5.82 Å². The van der Waals surface area contributed by atoms with Gasteiger partial charge in [-0.3, -0.25) is 14.7 Å². The van der Waals surface area contributed by atoms with Gasteiger partial charge in [0.05, 0.1) is 5.69 Å². The lowest BCUT2D eigenvalue weighted by atomic mass is 9.81. The number of nitrogens with zero attached hydrogens (tertiary/aromatic N) is 3. The number of hydrogen-bond acceptors (Lipinski definition) is 6. The van der Waals surface area contributed by atoms with Crippen LogP contribution in [0.1, 0.15) is 46.8 Å². The highest BCUT2D eigenvalue weighted by atomic mass is 16.5. The van der Waals surface area contributed by atoms with Crippen molar-refractivity contribution in [1.82, 2.24) is 20.5 Å². The number of nitrogens with one attached hydrogen (secondary N) is 2. The Morgan fingerprint density at radius 1 is 1.34 bits per heavy atom. The maximum absolute atomic E-state index is 13.1. The first-order chi connectivity index (χ1) is 17.3. The first kappa shape index (κ1) is 21.4. The number of aromatic nitrogens is 3. The van der Waals surface area contributed by atoms with Crippen LogP contribution in [0.25, 0.3) is 0 Å². The van der Waals surface area contributed by atoms with Crippen LogP contribution < -0.4 is 15.0 Å². The number of aromatic amines is 1. The molecule has 9 heteroatoms. The summed E-state index contributed by atoms with van der Waals surface area (Å²) in [5.41, 5.74) is 1.17. The predicted octanol–water partition coefficient (Wildman–Crippen LogP) is 1.82. The molecule has 1 saturated carbocycles. The van der Waals surface area contributed by atoms with E-state index in [4.69, 9.17) is 6.15 Å². The van der Waals surface area contributed by atoms with Crippen molar-refractivity contribution in [2.75, 3.05) is 18.6 Å². The van der Waals surface area contributed by atoms with Gasteiger partial charge in [-0.1, -0.05) is 42.2 Å². The molecule has 2 heterocycles. The number of fused-ring (bicyclic) bond motifs is 1. The van der Waals surface area contributed by atoms with Crippen molar-refractivity contribution in [2.24, 2.45) is 0 Å². The van der Waals surface area contributed by atoms with Crippen LogP contribution in [0.5, 0.6) is 5.75 Å². The zero-order valence-corrected chi connectivity index (χ0v) is 19.2. The Labute approximate surface area is 204 Å². The minimum atomic E-state index is -0.977. The van der Waals surface area contributed by atoms with Crippen molar-refractivity contribution in [3.8, 4) is 17.6 Å². The summed E-state index contributed by atoms with van der Waals surface area (Å²) in [5, 5.41) is 17.6. The quantitative estimate of drug-likeness (QED) is 0.498. The molecule has 1 aliphatic heterocycles. The highest BCUT2D eigenvalue weighted by molar-refractivity contribution is 6.02. The van der Waals surface area contributed by atoms with Crippen LogP contribution in [-0.2, 0) is 11.2 Å². The summed E-state index contributed by atoms with van der Waals surface area (Å²) < 4.78 is 13.8. The fourth-order valence-corrected chi connectivity index (χ4v) is 3.95. The van der Waals surface area contributed by atoms with E-state index in [9.17, 15) is 14.7 Å². The van der Waals surface area contributed by atoms with Crippen LogP contribution >= 0.6 is 0 Å². The SMILES string of the molecule is [2H]n1nc(C(=O)N[C@H]2COc3ccc(C#CC4(O)CCC4)cc3N(C)C2=O)nc1Cc1ccccc1. The second kappa shape index (κ2) is 9.24. The minimum absolute atomic E-state index is 0.0782.